The van der Waals surface area contributed by atoms with Crippen molar-refractivity contribution in [3.05, 3.63) is 93.6 Å². The van der Waals surface area contributed by atoms with Gasteiger partial charge in [0.25, 0.3) is 11.9 Å². The lowest BCUT2D eigenvalue weighted by Crippen LogP contribution is -2.49. The predicted molar refractivity (Wildman–Crippen MR) is 147 cm³/mol. The van der Waals surface area contributed by atoms with E-state index in [1.165, 1.54) is 0 Å². The van der Waals surface area contributed by atoms with Crippen LogP contribution in [0, 0.1) is 13.8 Å². The van der Waals surface area contributed by atoms with Crippen LogP contribution in [-0.4, -0.2) is 45.8 Å². The molecule has 0 spiro atoms. The van der Waals surface area contributed by atoms with Crippen LogP contribution in [0.15, 0.2) is 70.0 Å². The summed E-state index contributed by atoms with van der Waals surface area (Å²) in [5.74, 6) is -0.461. The van der Waals surface area contributed by atoms with E-state index in [9.17, 15) is 14.4 Å². The number of hydrogen-bond acceptors (Lipinski definition) is 7. The number of carbonyl (C=O) groups is 2. The van der Waals surface area contributed by atoms with Gasteiger partial charge < -0.3 is 20.0 Å². The van der Waals surface area contributed by atoms with E-state index >= 15 is 0 Å². The van der Waals surface area contributed by atoms with Crippen LogP contribution in [0.25, 0.3) is 10.9 Å². The fourth-order valence-electron chi connectivity index (χ4n) is 4.25. The third-order valence-electron chi connectivity index (χ3n) is 6.43. The van der Waals surface area contributed by atoms with Gasteiger partial charge in [0.2, 0.25) is 5.91 Å². The predicted octanol–water partition coefficient (Wildman–Crippen LogP) is 4.34. The third-order valence-corrected chi connectivity index (χ3v) is 6.43. The smallest absolute Gasteiger partial charge is 0.348 e. The highest BCUT2D eigenvalue weighted by Crippen LogP contribution is 2.25. The Kier molecular flexibility index (Phi) is 7.57. The van der Waals surface area contributed by atoms with E-state index in [-0.39, 0.29) is 23.2 Å². The summed E-state index contributed by atoms with van der Waals surface area (Å²) in [7, 11) is 1.72. The van der Waals surface area contributed by atoms with Crippen molar-refractivity contribution in [1.29, 1.82) is 0 Å². The minimum absolute atomic E-state index is 0.0601. The molecule has 0 radical (unpaired) electrons. The fraction of sp³-hybridized carbons (Fsp3) is 0.276. The minimum atomic E-state index is -1.09. The Morgan fingerprint density at radius 1 is 1.03 bits per heavy atom. The average molecular weight is 514 g/mol. The SMILES string of the molecule is Cc1ccccc1C(=O)Nc1ccc2nc(NC(C)(C)C(=O)N(C)CCc3ccccn3)oc(=O)c2c1C. The first-order valence-corrected chi connectivity index (χ1v) is 12.3. The number of amides is 2. The van der Waals surface area contributed by atoms with Gasteiger partial charge in [0, 0.05) is 43.2 Å². The Labute approximate surface area is 220 Å². The molecule has 0 fully saturated rings. The molecular weight excluding hydrogens is 482 g/mol. The second-order valence-corrected chi connectivity index (χ2v) is 9.76. The molecule has 2 aromatic carbocycles. The first-order chi connectivity index (χ1) is 18.1. The number of pyridine rings is 1. The van der Waals surface area contributed by atoms with E-state index < -0.39 is 11.2 Å². The van der Waals surface area contributed by atoms with Gasteiger partial charge in [0.05, 0.1) is 10.9 Å². The number of benzene rings is 2. The van der Waals surface area contributed by atoms with Crippen LogP contribution in [0.3, 0.4) is 0 Å². The first-order valence-electron chi connectivity index (χ1n) is 12.3. The second-order valence-electron chi connectivity index (χ2n) is 9.76. The van der Waals surface area contributed by atoms with E-state index in [0.29, 0.717) is 35.3 Å². The number of likely N-dealkylation sites (N-methyl/N-ethyl adjacent to an activating group) is 1. The van der Waals surface area contributed by atoms with Gasteiger partial charge >= 0.3 is 5.63 Å². The largest absolute Gasteiger partial charge is 0.389 e. The van der Waals surface area contributed by atoms with Gasteiger partial charge in [-0.05, 0) is 69.2 Å². The van der Waals surface area contributed by atoms with Crippen molar-refractivity contribution >= 4 is 34.4 Å². The number of rotatable bonds is 8. The highest BCUT2D eigenvalue weighted by molar-refractivity contribution is 6.06. The molecule has 0 saturated heterocycles. The van der Waals surface area contributed by atoms with Crippen LogP contribution in [0.1, 0.15) is 41.0 Å². The maximum Gasteiger partial charge on any atom is 0.348 e. The lowest BCUT2D eigenvalue weighted by atomic mass is 10.0. The quantitative estimate of drug-likeness (QED) is 0.360. The second kappa shape index (κ2) is 10.8. The van der Waals surface area contributed by atoms with Crippen molar-refractivity contribution in [3.63, 3.8) is 0 Å². The lowest BCUT2D eigenvalue weighted by Gasteiger charge is -2.30. The Hall–Kier alpha value is -4.53. The summed E-state index contributed by atoms with van der Waals surface area (Å²) in [4.78, 5) is 49.2. The Balaban J connectivity index is 1.51. The summed E-state index contributed by atoms with van der Waals surface area (Å²) < 4.78 is 5.46. The molecule has 0 atom stereocenters. The number of aromatic nitrogens is 2. The molecular formula is C29H31N5O4. The fourth-order valence-corrected chi connectivity index (χ4v) is 4.25. The standard InChI is InChI=1S/C29H31N5O4/c1-18-10-6-7-12-21(18)25(35)31-22-13-14-23-24(19(22)2)26(36)38-28(32-23)33-29(3,4)27(37)34(5)17-15-20-11-8-9-16-30-20/h6-14,16H,15,17H2,1-5H3,(H,31,35)(H,32,33). The zero-order valence-corrected chi connectivity index (χ0v) is 22.2. The number of nitrogens with zero attached hydrogens (tertiary/aromatic N) is 3. The van der Waals surface area contributed by atoms with Crippen molar-refractivity contribution in [3.8, 4) is 0 Å². The molecule has 9 heteroatoms. The van der Waals surface area contributed by atoms with Gasteiger partial charge in [0.1, 0.15) is 5.54 Å². The normalized spacial score (nSPS) is 11.3. The molecule has 0 aliphatic heterocycles. The van der Waals surface area contributed by atoms with E-state index in [4.69, 9.17) is 4.42 Å². The van der Waals surface area contributed by atoms with E-state index in [0.717, 1.165) is 11.3 Å². The Bertz CT molecular complexity index is 1550. The molecule has 38 heavy (non-hydrogen) atoms. The van der Waals surface area contributed by atoms with Gasteiger partial charge in [-0.2, -0.15) is 4.98 Å². The van der Waals surface area contributed by atoms with Crippen LogP contribution in [-0.2, 0) is 11.2 Å². The van der Waals surface area contributed by atoms with Crippen molar-refractivity contribution in [2.24, 2.45) is 0 Å². The summed E-state index contributed by atoms with van der Waals surface area (Å²) in [6.07, 6.45) is 2.34. The van der Waals surface area contributed by atoms with Crippen molar-refractivity contribution in [2.75, 3.05) is 24.2 Å². The zero-order chi connectivity index (χ0) is 27.4. The number of anilines is 2. The summed E-state index contributed by atoms with van der Waals surface area (Å²) in [6, 6.07) is 16.2. The molecule has 0 saturated carbocycles. The number of nitrogens with one attached hydrogen (secondary N) is 2. The van der Waals surface area contributed by atoms with Crippen LogP contribution >= 0.6 is 0 Å². The van der Waals surface area contributed by atoms with E-state index in [2.05, 4.69) is 20.6 Å². The Morgan fingerprint density at radius 3 is 2.47 bits per heavy atom. The highest BCUT2D eigenvalue weighted by Gasteiger charge is 2.32. The van der Waals surface area contributed by atoms with Crippen LogP contribution in [0.5, 0.6) is 0 Å². The van der Waals surface area contributed by atoms with Crippen LogP contribution < -0.4 is 16.3 Å². The Morgan fingerprint density at radius 2 is 1.76 bits per heavy atom. The third kappa shape index (κ3) is 5.72. The average Bonchev–Trinajstić information content (AvgIpc) is 2.88. The molecule has 0 aliphatic carbocycles. The van der Waals surface area contributed by atoms with Gasteiger partial charge in [-0.15, -0.1) is 0 Å². The molecule has 4 aromatic rings. The van der Waals surface area contributed by atoms with Crippen LogP contribution in [0.4, 0.5) is 11.7 Å². The summed E-state index contributed by atoms with van der Waals surface area (Å²) in [5.41, 5.74) is 2.01. The van der Waals surface area contributed by atoms with Crippen molar-refractivity contribution < 1.29 is 14.0 Å². The molecule has 196 valence electrons. The molecule has 0 aliphatic rings. The van der Waals surface area contributed by atoms with Crippen LogP contribution in [0.2, 0.25) is 0 Å². The van der Waals surface area contributed by atoms with Gasteiger partial charge in [-0.25, -0.2) is 4.79 Å². The minimum Gasteiger partial charge on any atom is -0.389 e. The first kappa shape index (κ1) is 26.5. The zero-order valence-electron chi connectivity index (χ0n) is 22.2. The highest BCUT2D eigenvalue weighted by atomic mass is 16.4. The summed E-state index contributed by atoms with van der Waals surface area (Å²) >= 11 is 0. The lowest BCUT2D eigenvalue weighted by molar-refractivity contribution is -0.133. The molecule has 2 amide bonds. The number of fused-ring (bicyclic) bond motifs is 1. The maximum atomic E-state index is 13.1. The molecule has 2 heterocycles. The number of carbonyl (C=O) groups excluding carboxylic acids is 2. The van der Waals surface area contributed by atoms with Gasteiger partial charge in [0.15, 0.2) is 0 Å². The summed E-state index contributed by atoms with van der Waals surface area (Å²) in [5, 5.41) is 6.10. The van der Waals surface area contributed by atoms with Gasteiger partial charge in [-0.3, -0.25) is 14.6 Å². The number of aryl methyl sites for hydroxylation is 2. The molecule has 2 aromatic heterocycles. The van der Waals surface area contributed by atoms with E-state index in [1.54, 1.807) is 63.2 Å². The molecule has 4 rings (SSSR count). The number of hydrogen-bond donors (Lipinski definition) is 2. The van der Waals surface area contributed by atoms with Crippen molar-refractivity contribution in [2.45, 2.75) is 39.7 Å². The summed E-state index contributed by atoms with van der Waals surface area (Å²) in [6.45, 7) is 7.47. The molecule has 0 bridgehead atoms. The molecule has 0 unspecified atom stereocenters. The monoisotopic (exact) mass is 513 g/mol. The topological polar surface area (TPSA) is 117 Å². The molecule has 9 nitrogen and oxygen atoms in total. The molecule has 2 N–H and O–H groups in total. The van der Waals surface area contributed by atoms with E-state index in [1.807, 2.05) is 37.3 Å². The van der Waals surface area contributed by atoms with Gasteiger partial charge in [-0.1, -0.05) is 24.3 Å². The van der Waals surface area contributed by atoms with Crippen molar-refractivity contribution in [1.82, 2.24) is 14.9 Å². The maximum absolute atomic E-state index is 13.1.